The minimum atomic E-state index is -1.19. The Morgan fingerprint density at radius 1 is 1.17 bits per heavy atom. The van der Waals surface area contributed by atoms with Crippen molar-refractivity contribution in [3.8, 4) is 0 Å². The molecule has 0 aliphatic heterocycles. The van der Waals surface area contributed by atoms with Crippen molar-refractivity contribution < 1.29 is 23.1 Å². The van der Waals surface area contributed by atoms with Gasteiger partial charge in [0.05, 0.1) is 30.2 Å². The van der Waals surface area contributed by atoms with Crippen LogP contribution in [0.5, 0.6) is 0 Å². The number of ether oxygens (including phenoxy) is 1. The van der Waals surface area contributed by atoms with Gasteiger partial charge in [-0.15, -0.1) is 0 Å². The molecule has 1 unspecified atom stereocenters. The molecule has 0 aromatic heterocycles. The highest BCUT2D eigenvalue weighted by atomic mass is 35.5. The fraction of sp³-hybridized carbons (Fsp3) is 0.176. The standard InChI is InChI=1S/C17H14ClF2NO3/c1-24-16(22)9-15(10-5-3-2-4-6-10)21-17(23)11-7-13(19)14(20)8-12(11)18/h2-8,15H,9H2,1H3,(H,21,23). The average Bonchev–Trinajstić information content (AvgIpc) is 2.58. The topological polar surface area (TPSA) is 55.4 Å². The van der Waals surface area contributed by atoms with E-state index in [2.05, 4.69) is 10.1 Å². The van der Waals surface area contributed by atoms with Gasteiger partial charge in [-0.2, -0.15) is 0 Å². The highest BCUT2D eigenvalue weighted by Gasteiger charge is 2.22. The summed E-state index contributed by atoms with van der Waals surface area (Å²) in [5, 5.41) is 2.36. The summed E-state index contributed by atoms with van der Waals surface area (Å²) in [6, 6.07) is 9.47. The van der Waals surface area contributed by atoms with Crippen LogP contribution >= 0.6 is 11.6 Å². The fourth-order valence-corrected chi connectivity index (χ4v) is 2.36. The third-order valence-corrected chi connectivity index (χ3v) is 3.67. The van der Waals surface area contributed by atoms with E-state index in [1.807, 2.05) is 0 Å². The van der Waals surface area contributed by atoms with E-state index >= 15 is 0 Å². The molecule has 0 heterocycles. The van der Waals surface area contributed by atoms with Crippen molar-refractivity contribution in [2.24, 2.45) is 0 Å². The molecule has 1 N–H and O–H groups in total. The average molecular weight is 354 g/mol. The first kappa shape index (κ1) is 17.9. The molecule has 0 saturated heterocycles. The predicted octanol–water partition coefficient (Wildman–Crippen LogP) is 3.65. The zero-order valence-corrected chi connectivity index (χ0v) is 13.4. The van der Waals surface area contributed by atoms with E-state index in [0.717, 1.165) is 6.07 Å². The Kier molecular flexibility index (Phi) is 5.87. The molecule has 2 aromatic rings. The number of hydrogen-bond donors (Lipinski definition) is 1. The summed E-state index contributed by atoms with van der Waals surface area (Å²) in [6.07, 6.45) is -0.118. The minimum Gasteiger partial charge on any atom is -0.469 e. The fourth-order valence-electron chi connectivity index (χ4n) is 2.12. The van der Waals surface area contributed by atoms with Gasteiger partial charge in [0.1, 0.15) is 0 Å². The lowest BCUT2D eigenvalue weighted by atomic mass is 10.0. The lowest BCUT2D eigenvalue weighted by Crippen LogP contribution is -2.30. The van der Waals surface area contributed by atoms with Gasteiger partial charge in [0.25, 0.3) is 5.91 Å². The van der Waals surface area contributed by atoms with Gasteiger partial charge < -0.3 is 10.1 Å². The van der Waals surface area contributed by atoms with E-state index in [9.17, 15) is 18.4 Å². The molecular weight excluding hydrogens is 340 g/mol. The van der Waals surface area contributed by atoms with E-state index < -0.39 is 29.6 Å². The lowest BCUT2D eigenvalue weighted by molar-refractivity contribution is -0.141. The van der Waals surface area contributed by atoms with E-state index in [1.54, 1.807) is 30.3 Å². The van der Waals surface area contributed by atoms with Crippen molar-refractivity contribution in [1.82, 2.24) is 5.32 Å². The third kappa shape index (κ3) is 4.29. The van der Waals surface area contributed by atoms with Crippen LogP contribution in [0.25, 0.3) is 0 Å². The molecule has 24 heavy (non-hydrogen) atoms. The minimum absolute atomic E-state index is 0.118. The van der Waals surface area contributed by atoms with Crippen LogP contribution in [0.3, 0.4) is 0 Å². The second kappa shape index (κ2) is 7.88. The number of carbonyl (C=O) groups is 2. The van der Waals surface area contributed by atoms with Gasteiger partial charge in [-0.1, -0.05) is 41.9 Å². The summed E-state index contributed by atoms with van der Waals surface area (Å²) < 4.78 is 31.1. The Morgan fingerprint density at radius 2 is 1.79 bits per heavy atom. The molecule has 0 radical (unpaired) electrons. The Bertz CT molecular complexity index is 753. The molecule has 2 rings (SSSR count). The number of nitrogens with one attached hydrogen (secondary N) is 1. The van der Waals surface area contributed by atoms with Gasteiger partial charge in [-0.05, 0) is 17.7 Å². The summed E-state index contributed by atoms with van der Waals surface area (Å²) in [4.78, 5) is 23.9. The number of amides is 1. The molecular formula is C17H14ClF2NO3. The Labute approximate surface area is 142 Å². The highest BCUT2D eigenvalue weighted by molar-refractivity contribution is 6.33. The molecule has 0 aliphatic carbocycles. The smallest absolute Gasteiger partial charge is 0.307 e. The van der Waals surface area contributed by atoms with Gasteiger partial charge in [0.2, 0.25) is 0 Å². The van der Waals surface area contributed by atoms with Crippen LogP contribution in [0.15, 0.2) is 42.5 Å². The summed E-state index contributed by atoms with van der Waals surface area (Å²) >= 11 is 5.80. The molecule has 2 aromatic carbocycles. The quantitative estimate of drug-likeness (QED) is 0.659. The third-order valence-electron chi connectivity index (χ3n) is 3.36. The Morgan fingerprint density at radius 3 is 2.42 bits per heavy atom. The number of benzene rings is 2. The molecule has 0 aliphatic rings. The molecule has 0 spiro atoms. The molecule has 0 fully saturated rings. The van der Waals surface area contributed by atoms with Gasteiger partial charge in [-0.3, -0.25) is 9.59 Å². The van der Waals surface area contributed by atoms with Crippen LogP contribution in [0.1, 0.15) is 28.4 Å². The van der Waals surface area contributed by atoms with Crippen molar-refractivity contribution in [1.29, 1.82) is 0 Å². The molecule has 7 heteroatoms. The van der Waals surface area contributed by atoms with E-state index in [1.165, 1.54) is 7.11 Å². The van der Waals surface area contributed by atoms with E-state index in [-0.39, 0.29) is 17.0 Å². The maximum atomic E-state index is 13.4. The van der Waals surface area contributed by atoms with Crippen LogP contribution in [-0.4, -0.2) is 19.0 Å². The Hall–Kier alpha value is -2.47. The number of halogens is 3. The van der Waals surface area contributed by atoms with Gasteiger partial charge >= 0.3 is 5.97 Å². The van der Waals surface area contributed by atoms with Crippen LogP contribution in [-0.2, 0) is 9.53 Å². The molecule has 0 saturated carbocycles. The summed E-state index contributed by atoms with van der Waals surface area (Å²) in [7, 11) is 1.23. The molecule has 4 nitrogen and oxygen atoms in total. The van der Waals surface area contributed by atoms with Gasteiger partial charge in [-0.25, -0.2) is 8.78 Å². The van der Waals surface area contributed by atoms with Crippen LogP contribution in [0.2, 0.25) is 5.02 Å². The first-order chi connectivity index (χ1) is 11.4. The van der Waals surface area contributed by atoms with Crippen molar-refractivity contribution >= 4 is 23.5 Å². The van der Waals surface area contributed by atoms with E-state index in [4.69, 9.17) is 11.6 Å². The summed E-state index contributed by atoms with van der Waals surface area (Å²) in [5.74, 6) is -3.59. The number of esters is 1. The second-order valence-electron chi connectivity index (χ2n) is 4.96. The highest BCUT2D eigenvalue weighted by Crippen LogP contribution is 2.23. The maximum Gasteiger partial charge on any atom is 0.307 e. The first-order valence-electron chi connectivity index (χ1n) is 6.99. The van der Waals surface area contributed by atoms with Crippen molar-refractivity contribution in [2.75, 3.05) is 7.11 Å². The SMILES string of the molecule is COC(=O)CC(NC(=O)c1cc(F)c(F)cc1Cl)c1ccccc1. The maximum absolute atomic E-state index is 13.4. The predicted molar refractivity (Wildman–Crippen MR) is 84.7 cm³/mol. The summed E-state index contributed by atoms with van der Waals surface area (Å²) in [6.45, 7) is 0. The molecule has 126 valence electrons. The van der Waals surface area contributed by atoms with E-state index in [0.29, 0.717) is 11.6 Å². The Balaban J connectivity index is 2.27. The zero-order valence-electron chi connectivity index (χ0n) is 12.7. The number of carbonyl (C=O) groups excluding carboxylic acids is 2. The molecule has 1 amide bonds. The van der Waals surface area contributed by atoms with Gasteiger partial charge in [0, 0.05) is 0 Å². The zero-order chi connectivity index (χ0) is 17.7. The van der Waals surface area contributed by atoms with Crippen LogP contribution in [0.4, 0.5) is 8.78 Å². The van der Waals surface area contributed by atoms with Gasteiger partial charge in [0.15, 0.2) is 11.6 Å². The summed E-state index contributed by atoms with van der Waals surface area (Å²) in [5.41, 5.74) is 0.441. The second-order valence-corrected chi connectivity index (χ2v) is 5.37. The lowest BCUT2D eigenvalue weighted by Gasteiger charge is -2.18. The number of hydrogen-bond acceptors (Lipinski definition) is 3. The first-order valence-corrected chi connectivity index (χ1v) is 7.37. The molecule has 0 bridgehead atoms. The van der Waals surface area contributed by atoms with Crippen molar-refractivity contribution in [3.05, 3.63) is 70.2 Å². The van der Waals surface area contributed by atoms with Crippen LogP contribution < -0.4 is 5.32 Å². The number of rotatable bonds is 5. The normalized spacial score (nSPS) is 11.7. The van der Waals surface area contributed by atoms with Crippen molar-refractivity contribution in [3.63, 3.8) is 0 Å². The van der Waals surface area contributed by atoms with Crippen LogP contribution in [0, 0.1) is 11.6 Å². The number of methoxy groups -OCH3 is 1. The monoisotopic (exact) mass is 353 g/mol. The molecule has 1 atom stereocenters. The largest absolute Gasteiger partial charge is 0.469 e. The van der Waals surface area contributed by atoms with Crippen molar-refractivity contribution in [2.45, 2.75) is 12.5 Å².